The number of benzene rings is 2. The van der Waals surface area contributed by atoms with Crippen LogP contribution in [0.1, 0.15) is 5.56 Å². The number of urea groups is 1. The maximum Gasteiger partial charge on any atom is 0.325 e. The topological polar surface area (TPSA) is 52.7 Å². The molecule has 7 heteroatoms. The molecule has 0 bridgehead atoms. The molecule has 130 valence electrons. The standard InChI is InChI=1S/C18H17Cl2N3O2/c1-12-5-6-14(10-16(12)20)21-17(24)11-22-7-8-23(18(22)25)15-4-2-3-13(19)9-15/h2-6,9-10H,7-8,11H2,1H3,(H,21,24). The Bertz CT molecular complexity index is 826. The molecule has 3 rings (SSSR count). The summed E-state index contributed by atoms with van der Waals surface area (Å²) < 4.78 is 0. The zero-order valence-electron chi connectivity index (χ0n) is 13.6. The van der Waals surface area contributed by atoms with Gasteiger partial charge in [-0.3, -0.25) is 9.69 Å². The van der Waals surface area contributed by atoms with E-state index in [4.69, 9.17) is 23.2 Å². The Hall–Kier alpha value is -2.24. The van der Waals surface area contributed by atoms with Gasteiger partial charge in [0.05, 0.1) is 0 Å². The van der Waals surface area contributed by atoms with Crippen LogP contribution in [0.15, 0.2) is 42.5 Å². The van der Waals surface area contributed by atoms with Gasteiger partial charge in [-0.2, -0.15) is 0 Å². The highest BCUT2D eigenvalue weighted by molar-refractivity contribution is 6.31. The lowest BCUT2D eigenvalue weighted by Gasteiger charge is -2.18. The van der Waals surface area contributed by atoms with Crippen molar-refractivity contribution in [2.24, 2.45) is 0 Å². The van der Waals surface area contributed by atoms with Crippen molar-refractivity contribution < 1.29 is 9.59 Å². The van der Waals surface area contributed by atoms with Gasteiger partial charge < -0.3 is 10.2 Å². The summed E-state index contributed by atoms with van der Waals surface area (Å²) in [5.41, 5.74) is 2.27. The van der Waals surface area contributed by atoms with Crippen LogP contribution in [0.2, 0.25) is 10.0 Å². The molecule has 2 aromatic carbocycles. The van der Waals surface area contributed by atoms with Crippen molar-refractivity contribution in [3.05, 3.63) is 58.1 Å². The van der Waals surface area contributed by atoms with Crippen molar-refractivity contribution >= 4 is 46.5 Å². The fourth-order valence-electron chi connectivity index (χ4n) is 2.66. The van der Waals surface area contributed by atoms with E-state index in [2.05, 4.69) is 5.32 Å². The monoisotopic (exact) mass is 377 g/mol. The maximum atomic E-state index is 12.5. The Labute approximate surface area is 156 Å². The summed E-state index contributed by atoms with van der Waals surface area (Å²) in [5, 5.41) is 3.92. The van der Waals surface area contributed by atoms with E-state index in [1.54, 1.807) is 35.2 Å². The number of hydrogen-bond acceptors (Lipinski definition) is 2. The molecule has 3 amide bonds. The molecule has 0 unspecified atom stereocenters. The van der Waals surface area contributed by atoms with E-state index in [1.165, 1.54) is 4.90 Å². The zero-order valence-corrected chi connectivity index (χ0v) is 15.1. The van der Waals surface area contributed by atoms with E-state index < -0.39 is 0 Å². The molecule has 1 N–H and O–H groups in total. The van der Waals surface area contributed by atoms with Gasteiger partial charge >= 0.3 is 6.03 Å². The lowest BCUT2D eigenvalue weighted by molar-refractivity contribution is -0.116. The predicted octanol–water partition coefficient (Wildman–Crippen LogP) is 4.18. The first-order chi connectivity index (χ1) is 11.9. The number of rotatable bonds is 4. The second-order valence-corrected chi connectivity index (χ2v) is 6.69. The van der Waals surface area contributed by atoms with Crippen LogP contribution in [-0.2, 0) is 4.79 Å². The van der Waals surface area contributed by atoms with Crippen LogP contribution in [0, 0.1) is 6.92 Å². The number of hydrogen-bond donors (Lipinski definition) is 1. The van der Waals surface area contributed by atoms with Crippen LogP contribution < -0.4 is 10.2 Å². The molecule has 1 aliphatic rings. The van der Waals surface area contributed by atoms with E-state index in [9.17, 15) is 9.59 Å². The molecular formula is C18H17Cl2N3O2. The lowest BCUT2D eigenvalue weighted by atomic mass is 10.2. The highest BCUT2D eigenvalue weighted by Gasteiger charge is 2.30. The number of nitrogens with zero attached hydrogens (tertiary/aromatic N) is 2. The lowest BCUT2D eigenvalue weighted by Crippen LogP contribution is -2.37. The van der Waals surface area contributed by atoms with E-state index in [1.807, 2.05) is 19.1 Å². The van der Waals surface area contributed by atoms with Crippen LogP contribution in [0.5, 0.6) is 0 Å². The molecule has 1 aliphatic heterocycles. The number of nitrogens with one attached hydrogen (secondary N) is 1. The van der Waals surface area contributed by atoms with Crippen LogP contribution in [-0.4, -0.2) is 36.5 Å². The summed E-state index contributed by atoms with van der Waals surface area (Å²) in [6.45, 7) is 2.87. The molecule has 0 atom stereocenters. The quantitative estimate of drug-likeness (QED) is 0.868. The zero-order chi connectivity index (χ0) is 18.0. The minimum Gasteiger partial charge on any atom is -0.324 e. The van der Waals surface area contributed by atoms with Gasteiger partial charge in [-0.25, -0.2) is 4.79 Å². The SMILES string of the molecule is Cc1ccc(NC(=O)CN2CCN(c3cccc(Cl)c3)C2=O)cc1Cl. The number of carbonyl (C=O) groups excluding carboxylic acids is 2. The third-order valence-corrected chi connectivity index (χ3v) is 4.65. The molecule has 1 heterocycles. The molecule has 0 aliphatic carbocycles. The number of amides is 3. The van der Waals surface area contributed by atoms with E-state index in [-0.39, 0.29) is 18.5 Å². The van der Waals surface area contributed by atoms with Crippen molar-refractivity contribution in [1.29, 1.82) is 0 Å². The van der Waals surface area contributed by atoms with Gasteiger partial charge in [-0.05, 0) is 42.8 Å². The van der Waals surface area contributed by atoms with Crippen molar-refractivity contribution in [3.8, 4) is 0 Å². The predicted molar refractivity (Wildman–Crippen MR) is 101 cm³/mol. The highest BCUT2D eigenvalue weighted by Crippen LogP contribution is 2.24. The van der Waals surface area contributed by atoms with E-state index >= 15 is 0 Å². The van der Waals surface area contributed by atoms with Gasteiger partial charge in [-0.15, -0.1) is 0 Å². The number of anilines is 2. The Morgan fingerprint density at radius 1 is 1.16 bits per heavy atom. The molecule has 0 saturated carbocycles. The number of halogens is 2. The molecule has 1 fully saturated rings. The van der Waals surface area contributed by atoms with E-state index in [0.717, 1.165) is 11.3 Å². The summed E-state index contributed by atoms with van der Waals surface area (Å²) in [4.78, 5) is 27.9. The molecule has 0 spiro atoms. The van der Waals surface area contributed by atoms with Crippen molar-refractivity contribution in [2.75, 3.05) is 29.9 Å². The average molecular weight is 378 g/mol. The summed E-state index contributed by atoms with van der Waals surface area (Å²) in [6, 6.07) is 12.2. The first-order valence-corrected chi connectivity index (χ1v) is 8.57. The van der Waals surface area contributed by atoms with Crippen molar-refractivity contribution in [3.63, 3.8) is 0 Å². The summed E-state index contributed by atoms with van der Waals surface area (Å²) in [7, 11) is 0. The molecule has 2 aromatic rings. The fraction of sp³-hybridized carbons (Fsp3) is 0.222. The highest BCUT2D eigenvalue weighted by atomic mass is 35.5. The van der Waals surface area contributed by atoms with Gasteiger partial charge in [0.1, 0.15) is 6.54 Å². The maximum absolute atomic E-state index is 12.5. The molecular weight excluding hydrogens is 361 g/mol. The van der Waals surface area contributed by atoms with Gasteiger partial charge in [0, 0.05) is 34.5 Å². The third-order valence-electron chi connectivity index (χ3n) is 4.00. The number of aryl methyl sites for hydroxylation is 1. The van der Waals surface area contributed by atoms with Crippen LogP contribution in [0.3, 0.4) is 0 Å². The van der Waals surface area contributed by atoms with Crippen LogP contribution in [0.25, 0.3) is 0 Å². The molecule has 0 aromatic heterocycles. The van der Waals surface area contributed by atoms with Gasteiger partial charge in [0.15, 0.2) is 0 Å². The van der Waals surface area contributed by atoms with Crippen LogP contribution >= 0.6 is 23.2 Å². The first kappa shape index (κ1) is 17.6. The average Bonchev–Trinajstić information content (AvgIpc) is 2.92. The summed E-state index contributed by atoms with van der Waals surface area (Å²) in [5.74, 6) is -0.263. The fourth-order valence-corrected chi connectivity index (χ4v) is 3.02. The van der Waals surface area contributed by atoms with Crippen LogP contribution in [0.4, 0.5) is 16.2 Å². The second kappa shape index (κ2) is 7.33. The van der Waals surface area contributed by atoms with Gasteiger partial charge in [0.25, 0.3) is 0 Å². The van der Waals surface area contributed by atoms with Gasteiger partial charge in [-0.1, -0.05) is 35.3 Å². The Morgan fingerprint density at radius 2 is 1.96 bits per heavy atom. The normalized spacial score (nSPS) is 14.1. The Kier molecular flexibility index (Phi) is 5.16. The smallest absolute Gasteiger partial charge is 0.324 e. The summed E-state index contributed by atoms with van der Waals surface area (Å²) >= 11 is 12.0. The largest absolute Gasteiger partial charge is 0.325 e. The molecule has 1 saturated heterocycles. The third kappa shape index (κ3) is 4.06. The second-order valence-electron chi connectivity index (χ2n) is 5.85. The van der Waals surface area contributed by atoms with Crippen molar-refractivity contribution in [2.45, 2.75) is 6.92 Å². The van der Waals surface area contributed by atoms with Gasteiger partial charge in [0.2, 0.25) is 5.91 Å². The minimum atomic E-state index is -0.263. The molecule has 25 heavy (non-hydrogen) atoms. The van der Waals surface area contributed by atoms with Crippen molar-refractivity contribution in [1.82, 2.24) is 4.90 Å². The minimum absolute atomic E-state index is 0.0125. The summed E-state index contributed by atoms with van der Waals surface area (Å²) in [6.07, 6.45) is 0. The molecule has 0 radical (unpaired) electrons. The number of carbonyl (C=O) groups is 2. The molecule has 5 nitrogen and oxygen atoms in total. The first-order valence-electron chi connectivity index (χ1n) is 7.82. The Morgan fingerprint density at radius 3 is 2.68 bits per heavy atom. The van der Waals surface area contributed by atoms with E-state index in [0.29, 0.717) is 28.8 Å². The Balaban J connectivity index is 1.62.